The first-order chi connectivity index (χ1) is 9.31. The van der Waals surface area contributed by atoms with E-state index in [0.29, 0.717) is 6.54 Å². The molecular weight excluding hydrogens is 258 g/mol. The Labute approximate surface area is 120 Å². The van der Waals surface area contributed by atoms with Crippen LogP contribution in [0.4, 0.5) is 4.79 Å². The van der Waals surface area contributed by atoms with E-state index in [4.69, 9.17) is 9.47 Å². The largest absolute Gasteiger partial charge is 0.467 e. The molecular formula is C15H25NO4. The molecule has 0 unspecified atom stereocenters. The summed E-state index contributed by atoms with van der Waals surface area (Å²) in [5, 5.41) is 0. The van der Waals surface area contributed by atoms with Crippen LogP contribution in [0.25, 0.3) is 0 Å². The maximum Gasteiger partial charge on any atom is 0.411 e. The SMILES string of the molecule is COC(=O)[C@@H]1[C@@H](CC2CC2)CCN1C(=O)OC(C)(C)C. The van der Waals surface area contributed by atoms with Gasteiger partial charge in [-0.05, 0) is 45.4 Å². The first kappa shape index (κ1) is 15.1. The van der Waals surface area contributed by atoms with Gasteiger partial charge in [-0.3, -0.25) is 4.90 Å². The summed E-state index contributed by atoms with van der Waals surface area (Å²) in [6.45, 7) is 6.06. The van der Waals surface area contributed by atoms with Gasteiger partial charge in [-0.1, -0.05) is 12.8 Å². The third kappa shape index (κ3) is 3.64. The fourth-order valence-electron chi connectivity index (χ4n) is 2.85. The second-order valence-electron chi connectivity index (χ2n) is 6.87. The summed E-state index contributed by atoms with van der Waals surface area (Å²) >= 11 is 0. The molecule has 0 aromatic carbocycles. The molecule has 1 aliphatic carbocycles. The van der Waals surface area contributed by atoms with E-state index < -0.39 is 17.7 Å². The van der Waals surface area contributed by atoms with Gasteiger partial charge in [0.15, 0.2) is 0 Å². The highest BCUT2D eigenvalue weighted by Gasteiger charge is 2.45. The Kier molecular flexibility index (Phi) is 4.25. The van der Waals surface area contributed by atoms with E-state index in [1.165, 1.54) is 20.0 Å². The van der Waals surface area contributed by atoms with E-state index in [0.717, 1.165) is 18.8 Å². The fourth-order valence-corrected chi connectivity index (χ4v) is 2.85. The number of carbonyl (C=O) groups excluding carboxylic acids is 2. The maximum atomic E-state index is 12.2. The molecule has 1 saturated heterocycles. The van der Waals surface area contributed by atoms with Crippen molar-refractivity contribution < 1.29 is 19.1 Å². The van der Waals surface area contributed by atoms with Crippen molar-refractivity contribution in [2.45, 2.75) is 58.1 Å². The highest BCUT2D eigenvalue weighted by molar-refractivity contribution is 5.82. The number of hydrogen-bond donors (Lipinski definition) is 0. The molecule has 5 heteroatoms. The molecule has 0 spiro atoms. The Hall–Kier alpha value is -1.26. The van der Waals surface area contributed by atoms with E-state index in [1.807, 2.05) is 20.8 Å². The number of esters is 1. The molecule has 0 aromatic heterocycles. The quantitative estimate of drug-likeness (QED) is 0.747. The van der Waals surface area contributed by atoms with Crippen molar-refractivity contribution >= 4 is 12.1 Å². The van der Waals surface area contributed by atoms with E-state index in [9.17, 15) is 9.59 Å². The summed E-state index contributed by atoms with van der Waals surface area (Å²) < 4.78 is 10.3. The lowest BCUT2D eigenvalue weighted by Crippen LogP contribution is -2.46. The zero-order chi connectivity index (χ0) is 14.9. The number of amides is 1. The van der Waals surface area contributed by atoms with Crippen LogP contribution < -0.4 is 0 Å². The molecule has 0 N–H and O–H groups in total. The van der Waals surface area contributed by atoms with Crippen LogP contribution in [-0.4, -0.2) is 42.3 Å². The van der Waals surface area contributed by atoms with Gasteiger partial charge >= 0.3 is 12.1 Å². The average Bonchev–Trinajstić information content (AvgIpc) is 3.04. The minimum absolute atomic E-state index is 0.211. The Morgan fingerprint density at radius 1 is 1.20 bits per heavy atom. The predicted molar refractivity (Wildman–Crippen MR) is 74.2 cm³/mol. The first-order valence-electron chi connectivity index (χ1n) is 7.39. The fraction of sp³-hybridized carbons (Fsp3) is 0.867. The summed E-state index contributed by atoms with van der Waals surface area (Å²) in [6, 6.07) is -0.476. The van der Waals surface area contributed by atoms with Gasteiger partial charge in [-0.15, -0.1) is 0 Å². The van der Waals surface area contributed by atoms with Crippen LogP contribution in [-0.2, 0) is 14.3 Å². The lowest BCUT2D eigenvalue weighted by Gasteiger charge is -2.29. The molecule has 1 heterocycles. The zero-order valence-corrected chi connectivity index (χ0v) is 12.8. The maximum absolute atomic E-state index is 12.2. The van der Waals surface area contributed by atoms with Gasteiger partial charge in [0.05, 0.1) is 7.11 Å². The molecule has 0 bridgehead atoms. The molecule has 2 fully saturated rings. The van der Waals surface area contributed by atoms with Crippen molar-refractivity contribution in [2.75, 3.05) is 13.7 Å². The predicted octanol–water partition coefficient (Wildman–Crippen LogP) is 2.59. The van der Waals surface area contributed by atoms with Crippen LogP contribution in [0.15, 0.2) is 0 Å². The monoisotopic (exact) mass is 283 g/mol. The topological polar surface area (TPSA) is 55.8 Å². The molecule has 20 heavy (non-hydrogen) atoms. The number of nitrogens with zero attached hydrogens (tertiary/aromatic N) is 1. The van der Waals surface area contributed by atoms with Crippen LogP contribution in [0.3, 0.4) is 0 Å². The van der Waals surface area contributed by atoms with E-state index in [2.05, 4.69) is 0 Å². The molecule has 2 rings (SSSR count). The second-order valence-corrected chi connectivity index (χ2v) is 6.87. The summed E-state index contributed by atoms with van der Waals surface area (Å²) in [6.07, 6.45) is 3.95. The van der Waals surface area contributed by atoms with Gasteiger partial charge in [0.25, 0.3) is 0 Å². The van der Waals surface area contributed by atoms with Crippen molar-refractivity contribution in [3.63, 3.8) is 0 Å². The minimum Gasteiger partial charge on any atom is -0.467 e. The molecule has 0 radical (unpaired) electrons. The van der Waals surface area contributed by atoms with E-state index >= 15 is 0 Å². The van der Waals surface area contributed by atoms with Gasteiger partial charge in [-0.25, -0.2) is 9.59 Å². The van der Waals surface area contributed by atoms with Crippen LogP contribution in [0.5, 0.6) is 0 Å². The lowest BCUT2D eigenvalue weighted by molar-refractivity contribution is -0.147. The number of rotatable bonds is 3. The number of ether oxygens (including phenoxy) is 2. The molecule has 2 atom stereocenters. The minimum atomic E-state index is -0.549. The highest BCUT2D eigenvalue weighted by atomic mass is 16.6. The van der Waals surface area contributed by atoms with Gasteiger partial charge in [0.1, 0.15) is 11.6 Å². The summed E-state index contributed by atoms with van der Waals surface area (Å²) in [5.74, 6) is 0.618. The Morgan fingerprint density at radius 3 is 2.35 bits per heavy atom. The standard InChI is InChI=1S/C15H25NO4/c1-15(2,3)20-14(18)16-8-7-11(9-10-5-6-10)12(16)13(17)19-4/h10-12H,5-9H2,1-4H3/t11-,12+/m1/s1. The highest BCUT2D eigenvalue weighted by Crippen LogP contribution is 2.40. The Bertz CT molecular complexity index is 384. The molecule has 1 aliphatic heterocycles. The van der Waals surface area contributed by atoms with Crippen LogP contribution in [0.2, 0.25) is 0 Å². The molecule has 114 valence electrons. The third-order valence-electron chi connectivity index (χ3n) is 3.93. The summed E-state index contributed by atoms with van der Waals surface area (Å²) in [4.78, 5) is 25.8. The summed E-state index contributed by atoms with van der Waals surface area (Å²) in [7, 11) is 1.38. The van der Waals surface area contributed by atoms with Crippen molar-refractivity contribution in [1.29, 1.82) is 0 Å². The molecule has 0 aromatic rings. The average molecular weight is 283 g/mol. The zero-order valence-electron chi connectivity index (χ0n) is 12.8. The van der Waals surface area contributed by atoms with Crippen LogP contribution in [0, 0.1) is 11.8 Å². The van der Waals surface area contributed by atoms with Crippen molar-refractivity contribution in [1.82, 2.24) is 4.90 Å². The molecule has 2 aliphatic rings. The summed E-state index contributed by atoms with van der Waals surface area (Å²) in [5.41, 5.74) is -0.549. The number of likely N-dealkylation sites (tertiary alicyclic amines) is 1. The van der Waals surface area contributed by atoms with Gasteiger partial charge < -0.3 is 9.47 Å². The molecule has 1 saturated carbocycles. The Balaban J connectivity index is 2.06. The van der Waals surface area contributed by atoms with Gasteiger partial charge in [0.2, 0.25) is 0 Å². The number of hydrogen-bond acceptors (Lipinski definition) is 4. The number of methoxy groups -OCH3 is 1. The van der Waals surface area contributed by atoms with E-state index in [1.54, 1.807) is 4.90 Å². The number of carbonyl (C=O) groups is 2. The van der Waals surface area contributed by atoms with Gasteiger partial charge in [0, 0.05) is 6.54 Å². The normalized spacial score (nSPS) is 26.5. The molecule has 1 amide bonds. The molecule has 5 nitrogen and oxygen atoms in total. The van der Waals surface area contributed by atoms with Crippen molar-refractivity contribution in [3.8, 4) is 0 Å². The van der Waals surface area contributed by atoms with Gasteiger partial charge in [-0.2, -0.15) is 0 Å². The lowest BCUT2D eigenvalue weighted by atomic mass is 9.94. The van der Waals surface area contributed by atoms with Crippen LogP contribution in [0.1, 0.15) is 46.5 Å². The Morgan fingerprint density at radius 2 is 1.85 bits per heavy atom. The van der Waals surface area contributed by atoms with E-state index in [-0.39, 0.29) is 11.9 Å². The first-order valence-corrected chi connectivity index (χ1v) is 7.39. The van der Waals surface area contributed by atoms with Crippen LogP contribution >= 0.6 is 0 Å². The second kappa shape index (κ2) is 5.62. The van der Waals surface area contributed by atoms with Crippen molar-refractivity contribution in [2.24, 2.45) is 11.8 Å². The van der Waals surface area contributed by atoms with Crippen molar-refractivity contribution in [3.05, 3.63) is 0 Å². The smallest absolute Gasteiger partial charge is 0.411 e. The third-order valence-corrected chi connectivity index (χ3v) is 3.93.